The van der Waals surface area contributed by atoms with Crippen molar-refractivity contribution >= 4 is 5.97 Å². The fraction of sp³-hybridized carbons (Fsp3) is 0.786. The van der Waals surface area contributed by atoms with Crippen LogP contribution < -0.4 is 0 Å². The van der Waals surface area contributed by atoms with Crippen molar-refractivity contribution in [3.05, 3.63) is 11.8 Å². The van der Waals surface area contributed by atoms with Gasteiger partial charge in [-0.15, -0.1) is 0 Å². The summed E-state index contributed by atoms with van der Waals surface area (Å²) in [6.07, 6.45) is 2.93. The summed E-state index contributed by atoms with van der Waals surface area (Å²) in [5.41, 5.74) is -0.338. The maximum absolute atomic E-state index is 11.2. The van der Waals surface area contributed by atoms with E-state index in [0.717, 1.165) is 5.76 Å². The molecule has 0 atom stereocenters. The fourth-order valence-corrected chi connectivity index (χ4v) is 1.38. The third-order valence-electron chi connectivity index (χ3n) is 2.45. The van der Waals surface area contributed by atoms with Gasteiger partial charge in [0.2, 0.25) is 0 Å². The molecule has 4 heteroatoms. The summed E-state index contributed by atoms with van der Waals surface area (Å²) in [5.74, 6) is 0.689. The first-order chi connectivity index (χ1) is 8.41. The molecular formula is C14H26O4. The molecule has 0 unspecified atom stereocenters. The molecular weight excluding hydrogens is 232 g/mol. The molecule has 0 aromatic carbocycles. The van der Waals surface area contributed by atoms with Crippen molar-refractivity contribution in [3.8, 4) is 0 Å². The first kappa shape index (κ1) is 17.0. The third kappa shape index (κ3) is 9.05. The first-order valence-electron chi connectivity index (χ1n) is 6.50. The van der Waals surface area contributed by atoms with Crippen LogP contribution in [0.4, 0.5) is 0 Å². The number of ether oxygens (including phenoxy) is 3. The molecule has 0 aliphatic rings. The molecule has 106 valence electrons. The van der Waals surface area contributed by atoms with Crippen LogP contribution in [-0.4, -0.2) is 31.4 Å². The Labute approximate surface area is 110 Å². The highest BCUT2D eigenvalue weighted by Crippen LogP contribution is 2.17. The number of allylic oxidation sites excluding steroid dienone is 1. The van der Waals surface area contributed by atoms with Crippen LogP contribution in [0.15, 0.2) is 11.8 Å². The van der Waals surface area contributed by atoms with Crippen molar-refractivity contribution in [2.24, 2.45) is 0 Å². The Balaban J connectivity index is 3.93. The van der Waals surface area contributed by atoms with Gasteiger partial charge >= 0.3 is 5.97 Å². The molecule has 0 aliphatic carbocycles. The van der Waals surface area contributed by atoms with Crippen LogP contribution >= 0.6 is 0 Å². The lowest BCUT2D eigenvalue weighted by atomic mass is 10.0. The van der Waals surface area contributed by atoms with Crippen LogP contribution in [-0.2, 0) is 19.0 Å². The van der Waals surface area contributed by atoms with Crippen molar-refractivity contribution in [1.29, 1.82) is 0 Å². The summed E-state index contributed by atoms with van der Waals surface area (Å²) in [4.78, 5) is 11.2. The summed E-state index contributed by atoms with van der Waals surface area (Å²) in [6, 6.07) is 0. The number of carbonyl (C=O) groups is 1. The fourth-order valence-electron chi connectivity index (χ4n) is 1.38. The number of carbonyl (C=O) groups excluding carboxylic acids is 1. The van der Waals surface area contributed by atoms with E-state index in [1.807, 2.05) is 33.8 Å². The molecule has 4 nitrogen and oxygen atoms in total. The topological polar surface area (TPSA) is 44.8 Å². The molecule has 0 aromatic heterocycles. The zero-order valence-corrected chi connectivity index (χ0v) is 12.2. The molecule has 0 aliphatic heterocycles. The maximum atomic E-state index is 11.2. The number of esters is 1. The normalized spacial score (nSPS) is 12.4. The van der Waals surface area contributed by atoms with E-state index in [1.165, 1.54) is 0 Å². The van der Waals surface area contributed by atoms with Crippen LogP contribution in [0.2, 0.25) is 0 Å². The summed E-state index contributed by atoms with van der Waals surface area (Å²) < 4.78 is 15.9. The molecule has 0 N–H and O–H groups in total. The van der Waals surface area contributed by atoms with Crippen molar-refractivity contribution in [2.45, 2.75) is 53.1 Å². The van der Waals surface area contributed by atoms with Gasteiger partial charge in [0.1, 0.15) is 0 Å². The summed E-state index contributed by atoms with van der Waals surface area (Å²) in [6.45, 7) is 11.2. The lowest BCUT2D eigenvalue weighted by Crippen LogP contribution is -2.26. The quantitative estimate of drug-likeness (QED) is 0.471. The second-order valence-corrected chi connectivity index (χ2v) is 4.62. The Bertz CT molecular complexity index is 269. The Hall–Kier alpha value is -1.03. The van der Waals surface area contributed by atoms with Gasteiger partial charge in [0.25, 0.3) is 0 Å². The molecule has 0 spiro atoms. The van der Waals surface area contributed by atoms with Gasteiger partial charge in [0.05, 0.1) is 31.2 Å². The van der Waals surface area contributed by atoms with E-state index in [9.17, 15) is 4.79 Å². The average molecular weight is 258 g/mol. The zero-order valence-electron chi connectivity index (χ0n) is 12.2. The standard InChI is InChI=1S/C14H26O4/c1-6-16-12(3)9-11-18-14(4,5)10-8-13(15)17-7-2/h9H,6-8,10-11H2,1-5H3/b12-9+. The Morgan fingerprint density at radius 2 is 1.78 bits per heavy atom. The highest BCUT2D eigenvalue weighted by atomic mass is 16.5. The minimum atomic E-state index is -0.338. The van der Waals surface area contributed by atoms with Crippen molar-refractivity contribution in [2.75, 3.05) is 19.8 Å². The van der Waals surface area contributed by atoms with E-state index >= 15 is 0 Å². The van der Waals surface area contributed by atoms with Crippen molar-refractivity contribution in [3.63, 3.8) is 0 Å². The zero-order chi connectivity index (χ0) is 14.0. The van der Waals surface area contributed by atoms with Gasteiger partial charge in [-0.2, -0.15) is 0 Å². The van der Waals surface area contributed by atoms with Crippen LogP contribution in [0, 0.1) is 0 Å². The third-order valence-corrected chi connectivity index (χ3v) is 2.45. The van der Waals surface area contributed by atoms with Gasteiger partial charge in [-0.1, -0.05) is 0 Å². The maximum Gasteiger partial charge on any atom is 0.305 e. The van der Waals surface area contributed by atoms with Gasteiger partial charge in [-0.3, -0.25) is 4.79 Å². The minimum Gasteiger partial charge on any atom is -0.499 e. The number of hydrogen-bond donors (Lipinski definition) is 0. The Kier molecular flexibility index (Phi) is 8.46. The van der Waals surface area contributed by atoms with Crippen LogP contribution in [0.3, 0.4) is 0 Å². The molecule has 0 saturated heterocycles. The predicted octanol–water partition coefficient (Wildman–Crippen LogP) is 3.07. The van der Waals surface area contributed by atoms with E-state index in [2.05, 4.69) is 0 Å². The van der Waals surface area contributed by atoms with Gasteiger partial charge in [-0.05, 0) is 47.1 Å². The SMILES string of the molecule is CCOC(=O)CCC(C)(C)OC/C=C(\C)OCC. The molecule has 0 fully saturated rings. The smallest absolute Gasteiger partial charge is 0.305 e. The van der Waals surface area contributed by atoms with Crippen LogP contribution in [0.25, 0.3) is 0 Å². The molecule has 0 rings (SSSR count). The molecule has 0 aromatic rings. The molecule has 0 bridgehead atoms. The largest absolute Gasteiger partial charge is 0.499 e. The number of hydrogen-bond acceptors (Lipinski definition) is 4. The second-order valence-electron chi connectivity index (χ2n) is 4.62. The molecule has 0 saturated carbocycles. The molecule has 18 heavy (non-hydrogen) atoms. The van der Waals surface area contributed by atoms with Crippen molar-refractivity contribution < 1.29 is 19.0 Å². The van der Waals surface area contributed by atoms with E-state index in [-0.39, 0.29) is 11.6 Å². The van der Waals surface area contributed by atoms with Gasteiger partial charge in [-0.25, -0.2) is 0 Å². The van der Waals surface area contributed by atoms with Crippen LogP contribution in [0.5, 0.6) is 0 Å². The van der Waals surface area contributed by atoms with E-state index in [1.54, 1.807) is 6.92 Å². The minimum absolute atomic E-state index is 0.171. The summed E-state index contributed by atoms with van der Waals surface area (Å²) in [7, 11) is 0. The second kappa shape index (κ2) is 8.97. The lowest BCUT2D eigenvalue weighted by molar-refractivity contribution is -0.144. The monoisotopic (exact) mass is 258 g/mol. The van der Waals surface area contributed by atoms with Crippen LogP contribution in [0.1, 0.15) is 47.5 Å². The molecule has 0 amide bonds. The Morgan fingerprint density at radius 1 is 1.17 bits per heavy atom. The molecule has 0 heterocycles. The highest BCUT2D eigenvalue weighted by Gasteiger charge is 2.19. The number of rotatable bonds is 9. The van der Waals surface area contributed by atoms with E-state index < -0.39 is 0 Å². The van der Waals surface area contributed by atoms with E-state index in [4.69, 9.17) is 14.2 Å². The van der Waals surface area contributed by atoms with E-state index in [0.29, 0.717) is 32.7 Å². The lowest BCUT2D eigenvalue weighted by Gasteiger charge is -2.24. The van der Waals surface area contributed by atoms with Gasteiger partial charge in [0, 0.05) is 6.42 Å². The summed E-state index contributed by atoms with van der Waals surface area (Å²) in [5, 5.41) is 0. The predicted molar refractivity (Wildman–Crippen MR) is 71.3 cm³/mol. The van der Waals surface area contributed by atoms with Gasteiger partial charge in [0.15, 0.2) is 0 Å². The first-order valence-corrected chi connectivity index (χ1v) is 6.50. The average Bonchev–Trinajstić information content (AvgIpc) is 2.27. The van der Waals surface area contributed by atoms with Gasteiger partial charge < -0.3 is 14.2 Å². The van der Waals surface area contributed by atoms with Crippen molar-refractivity contribution in [1.82, 2.24) is 0 Å². The summed E-state index contributed by atoms with van der Waals surface area (Å²) >= 11 is 0. The highest BCUT2D eigenvalue weighted by molar-refractivity contribution is 5.69. The molecule has 0 radical (unpaired) electrons. The Morgan fingerprint density at radius 3 is 2.33 bits per heavy atom.